The van der Waals surface area contributed by atoms with E-state index < -0.39 is 0 Å². The van der Waals surface area contributed by atoms with Crippen LogP contribution in [-0.4, -0.2) is 87.9 Å². The molecule has 128 valence electrons. The van der Waals surface area contributed by atoms with Gasteiger partial charge in [0.05, 0.1) is 12.6 Å². The smallest absolute Gasteiger partial charge is 0.191 e. The number of guanidine groups is 1. The zero-order valence-corrected chi connectivity index (χ0v) is 14.3. The number of rotatable bonds is 6. The summed E-state index contributed by atoms with van der Waals surface area (Å²) in [6, 6.07) is 0. The van der Waals surface area contributed by atoms with Crippen molar-refractivity contribution in [3.63, 3.8) is 0 Å². The average Bonchev–Trinajstić information content (AvgIpc) is 2.95. The Morgan fingerprint density at radius 1 is 1.18 bits per heavy atom. The third-order valence-electron chi connectivity index (χ3n) is 4.35. The molecule has 0 aromatic heterocycles. The van der Waals surface area contributed by atoms with Crippen molar-refractivity contribution in [3.05, 3.63) is 0 Å². The first-order chi connectivity index (χ1) is 10.8. The Hall–Kier alpha value is -0.850. The lowest BCUT2D eigenvalue weighted by Gasteiger charge is -2.21. The molecule has 2 N–H and O–H groups in total. The molecule has 2 saturated heterocycles. The molecule has 1 unspecified atom stereocenters. The third-order valence-corrected chi connectivity index (χ3v) is 4.35. The zero-order chi connectivity index (χ0) is 15.6. The van der Waals surface area contributed by atoms with Gasteiger partial charge in [-0.1, -0.05) is 0 Å². The van der Waals surface area contributed by atoms with Crippen LogP contribution in [0.3, 0.4) is 0 Å². The predicted octanol–water partition coefficient (Wildman–Crippen LogP) is 0.358. The second-order valence-electron chi connectivity index (χ2n) is 6.28. The molecule has 22 heavy (non-hydrogen) atoms. The summed E-state index contributed by atoms with van der Waals surface area (Å²) in [5.41, 5.74) is 0. The summed E-state index contributed by atoms with van der Waals surface area (Å²) in [4.78, 5) is 9.61. The first-order valence-corrected chi connectivity index (χ1v) is 8.82. The van der Waals surface area contributed by atoms with E-state index >= 15 is 0 Å². The van der Waals surface area contributed by atoms with E-state index in [4.69, 9.17) is 4.74 Å². The van der Waals surface area contributed by atoms with E-state index in [1.165, 1.54) is 39.0 Å². The molecule has 0 aliphatic carbocycles. The van der Waals surface area contributed by atoms with E-state index in [2.05, 4.69) is 39.4 Å². The Bertz CT molecular complexity index is 330. The second kappa shape index (κ2) is 10.0. The van der Waals surface area contributed by atoms with Crippen LogP contribution >= 0.6 is 0 Å². The maximum Gasteiger partial charge on any atom is 0.191 e. The van der Waals surface area contributed by atoms with Gasteiger partial charge in [0.1, 0.15) is 0 Å². The van der Waals surface area contributed by atoms with Gasteiger partial charge in [0.25, 0.3) is 0 Å². The van der Waals surface area contributed by atoms with E-state index in [0.29, 0.717) is 6.10 Å². The van der Waals surface area contributed by atoms with Gasteiger partial charge in [-0.05, 0) is 46.3 Å². The van der Waals surface area contributed by atoms with Gasteiger partial charge in [-0.25, -0.2) is 0 Å². The Labute approximate surface area is 135 Å². The van der Waals surface area contributed by atoms with Gasteiger partial charge in [0.2, 0.25) is 0 Å². The van der Waals surface area contributed by atoms with Gasteiger partial charge in [-0.3, -0.25) is 4.99 Å². The molecule has 0 amide bonds. The fourth-order valence-electron chi connectivity index (χ4n) is 2.98. The minimum absolute atomic E-state index is 0.316. The molecule has 0 aromatic rings. The van der Waals surface area contributed by atoms with Crippen LogP contribution in [-0.2, 0) is 4.74 Å². The monoisotopic (exact) mass is 311 g/mol. The van der Waals surface area contributed by atoms with Crippen molar-refractivity contribution in [2.75, 3.05) is 66.0 Å². The summed E-state index contributed by atoms with van der Waals surface area (Å²) in [5, 5.41) is 6.77. The highest BCUT2D eigenvalue weighted by Crippen LogP contribution is 2.11. The van der Waals surface area contributed by atoms with E-state index in [0.717, 1.165) is 45.2 Å². The summed E-state index contributed by atoms with van der Waals surface area (Å²) in [5.74, 6) is 0.921. The van der Waals surface area contributed by atoms with Crippen LogP contribution < -0.4 is 10.6 Å². The summed E-state index contributed by atoms with van der Waals surface area (Å²) >= 11 is 0. The summed E-state index contributed by atoms with van der Waals surface area (Å²) in [7, 11) is 2.21. The molecule has 0 spiro atoms. The molecular weight excluding hydrogens is 278 g/mol. The van der Waals surface area contributed by atoms with Crippen LogP contribution in [0.1, 0.15) is 26.2 Å². The number of hydrogen-bond acceptors (Lipinski definition) is 4. The van der Waals surface area contributed by atoms with Gasteiger partial charge in [0, 0.05) is 39.3 Å². The minimum Gasteiger partial charge on any atom is -0.376 e. The maximum atomic E-state index is 5.63. The molecule has 2 heterocycles. The number of nitrogens with one attached hydrogen (secondary N) is 2. The number of aliphatic imine (C=N–C) groups is 1. The standard InChI is InChI=1S/C16H33N5O/c1-3-17-16(19-14-15-6-4-13-22-15)18-7-10-21-9-5-8-20(2)11-12-21/h15H,3-14H2,1-2H3,(H2,17,18,19). The number of likely N-dealkylation sites (N-methyl/N-ethyl adjacent to an activating group) is 1. The quantitative estimate of drug-likeness (QED) is 0.548. The number of hydrogen-bond donors (Lipinski definition) is 2. The predicted molar refractivity (Wildman–Crippen MR) is 91.5 cm³/mol. The van der Waals surface area contributed by atoms with Crippen LogP contribution in [0.5, 0.6) is 0 Å². The molecule has 0 aromatic carbocycles. The lowest BCUT2D eigenvalue weighted by molar-refractivity contribution is 0.117. The van der Waals surface area contributed by atoms with Crippen LogP contribution in [0.25, 0.3) is 0 Å². The topological polar surface area (TPSA) is 52.1 Å². The molecule has 0 saturated carbocycles. The minimum atomic E-state index is 0.316. The summed E-state index contributed by atoms with van der Waals surface area (Å²) in [6.45, 7) is 11.5. The normalized spacial score (nSPS) is 25.2. The lowest BCUT2D eigenvalue weighted by atomic mass is 10.2. The maximum absolute atomic E-state index is 5.63. The molecular formula is C16H33N5O. The van der Waals surface area contributed by atoms with Crippen molar-refractivity contribution in [1.29, 1.82) is 0 Å². The van der Waals surface area contributed by atoms with Crippen LogP contribution in [0.4, 0.5) is 0 Å². The Balaban J connectivity index is 1.67. The highest BCUT2D eigenvalue weighted by Gasteiger charge is 2.15. The van der Waals surface area contributed by atoms with Gasteiger partial charge >= 0.3 is 0 Å². The highest BCUT2D eigenvalue weighted by molar-refractivity contribution is 5.79. The summed E-state index contributed by atoms with van der Waals surface area (Å²) in [6.07, 6.45) is 3.90. The average molecular weight is 311 g/mol. The molecule has 0 bridgehead atoms. The molecule has 6 nitrogen and oxygen atoms in total. The van der Waals surface area contributed by atoms with Crippen molar-refractivity contribution >= 4 is 5.96 Å². The van der Waals surface area contributed by atoms with Crippen molar-refractivity contribution in [1.82, 2.24) is 20.4 Å². The third kappa shape index (κ3) is 6.50. The first kappa shape index (κ1) is 17.5. The molecule has 2 aliphatic heterocycles. The van der Waals surface area contributed by atoms with Gasteiger partial charge in [-0.2, -0.15) is 0 Å². The van der Waals surface area contributed by atoms with Crippen LogP contribution in [0.15, 0.2) is 4.99 Å². The van der Waals surface area contributed by atoms with Crippen molar-refractivity contribution in [2.45, 2.75) is 32.3 Å². The largest absolute Gasteiger partial charge is 0.376 e. The van der Waals surface area contributed by atoms with Crippen molar-refractivity contribution in [3.8, 4) is 0 Å². The molecule has 2 rings (SSSR count). The first-order valence-electron chi connectivity index (χ1n) is 8.82. The number of ether oxygens (including phenoxy) is 1. The molecule has 6 heteroatoms. The molecule has 2 fully saturated rings. The Morgan fingerprint density at radius 3 is 2.86 bits per heavy atom. The molecule has 1 atom stereocenters. The Kier molecular flexibility index (Phi) is 7.98. The fourth-order valence-corrected chi connectivity index (χ4v) is 2.98. The van der Waals surface area contributed by atoms with Crippen molar-refractivity contribution in [2.24, 2.45) is 4.99 Å². The van der Waals surface area contributed by atoms with Crippen LogP contribution in [0.2, 0.25) is 0 Å². The summed E-state index contributed by atoms with van der Waals surface area (Å²) < 4.78 is 5.63. The van der Waals surface area contributed by atoms with E-state index in [1.807, 2.05) is 0 Å². The van der Waals surface area contributed by atoms with Gasteiger partial charge in [0.15, 0.2) is 5.96 Å². The van der Waals surface area contributed by atoms with E-state index in [-0.39, 0.29) is 0 Å². The van der Waals surface area contributed by atoms with Crippen molar-refractivity contribution < 1.29 is 4.74 Å². The van der Waals surface area contributed by atoms with E-state index in [1.54, 1.807) is 0 Å². The molecule has 0 radical (unpaired) electrons. The Morgan fingerprint density at radius 2 is 2.09 bits per heavy atom. The zero-order valence-electron chi connectivity index (χ0n) is 14.3. The highest BCUT2D eigenvalue weighted by atomic mass is 16.5. The van der Waals surface area contributed by atoms with Crippen LogP contribution in [0, 0.1) is 0 Å². The number of nitrogens with zero attached hydrogens (tertiary/aromatic N) is 3. The van der Waals surface area contributed by atoms with Gasteiger partial charge < -0.3 is 25.2 Å². The fraction of sp³-hybridized carbons (Fsp3) is 0.938. The molecule has 2 aliphatic rings. The van der Waals surface area contributed by atoms with E-state index in [9.17, 15) is 0 Å². The SMILES string of the molecule is CCNC(=NCC1CCCO1)NCCN1CCCN(C)CC1. The van der Waals surface area contributed by atoms with Gasteiger partial charge in [-0.15, -0.1) is 0 Å². The second-order valence-corrected chi connectivity index (χ2v) is 6.28. The lowest BCUT2D eigenvalue weighted by Crippen LogP contribution is -2.42.